The van der Waals surface area contributed by atoms with Crippen LogP contribution >= 0.6 is 0 Å². The lowest BCUT2D eigenvalue weighted by molar-refractivity contribution is -0.136. The third-order valence-electron chi connectivity index (χ3n) is 8.38. The number of hydrogen-bond donors (Lipinski definition) is 1. The molecular formula is C33H50FN3O6. The zero-order valence-electron chi connectivity index (χ0n) is 26.4. The molecule has 9 nitrogen and oxygen atoms in total. The van der Waals surface area contributed by atoms with Crippen LogP contribution in [0.5, 0.6) is 0 Å². The Labute approximate surface area is 255 Å². The summed E-state index contributed by atoms with van der Waals surface area (Å²) in [6, 6.07) is 4.29. The average molecular weight is 604 g/mol. The summed E-state index contributed by atoms with van der Waals surface area (Å²) in [6.07, 6.45) is 9.12. The second kappa shape index (κ2) is 15.9. The second-order valence-electron chi connectivity index (χ2n) is 12.8. The normalized spacial score (nSPS) is 18.7. The van der Waals surface area contributed by atoms with Gasteiger partial charge in [-0.2, -0.15) is 0 Å². The van der Waals surface area contributed by atoms with E-state index < -0.39 is 17.7 Å². The Hall–Kier alpha value is -2.69. The van der Waals surface area contributed by atoms with Gasteiger partial charge in [0.2, 0.25) is 5.91 Å². The summed E-state index contributed by atoms with van der Waals surface area (Å²) in [5.74, 6) is -0.200. The molecule has 1 aromatic heterocycles. The number of methoxy groups -OCH3 is 1. The minimum absolute atomic E-state index is 0.00336. The van der Waals surface area contributed by atoms with Gasteiger partial charge in [-0.05, 0) is 82.6 Å². The number of nitrogens with zero attached hydrogens (tertiary/aromatic N) is 2. The molecule has 2 unspecified atom stereocenters. The molecule has 1 aliphatic carbocycles. The fourth-order valence-electron chi connectivity index (χ4n) is 6.37. The van der Waals surface area contributed by atoms with Crippen LogP contribution in [-0.2, 0) is 36.7 Å². The Morgan fingerprint density at radius 3 is 2.44 bits per heavy atom. The molecule has 1 N–H and O–H groups in total. The number of aromatic nitrogens is 1. The molecule has 4 rings (SSSR count). The molecule has 1 aromatic carbocycles. The van der Waals surface area contributed by atoms with Gasteiger partial charge >= 0.3 is 6.09 Å². The molecule has 1 saturated carbocycles. The summed E-state index contributed by atoms with van der Waals surface area (Å²) in [4.78, 5) is 28.9. The van der Waals surface area contributed by atoms with Gasteiger partial charge in [0.25, 0.3) is 0 Å². The Balaban J connectivity index is 1.45. The van der Waals surface area contributed by atoms with Gasteiger partial charge < -0.3 is 33.7 Å². The van der Waals surface area contributed by atoms with Crippen molar-refractivity contribution < 1.29 is 32.9 Å². The van der Waals surface area contributed by atoms with E-state index in [0.717, 1.165) is 61.4 Å². The highest BCUT2D eigenvalue weighted by molar-refractivity contribution is 5.87. The third kappa shape index (κ3) is 9.65. The molecular weight excluding hydrogens is 553 g/mol. The fourth-order valence-corrected chi connectivity index (χ4v) is 6.37. The number of halogens is 1. The third-order valence-corrected chi connectivity index (χ3v) is 8.38. The first-order valence-electron chi connectivity index (χ1n) is 15.9. The zero-order chi connectivity index (χ0) is 30.8. The minimum Gasteiger partial charge on any atom is -0.444 e. The summed E-state index contributed by atoms with van der Waals surface area (Å²) in [6.45, 7) is 9.25. The number of likely N-dealkylation sites (tertiary alicyclic amines) is 1. The van der Waals surface area contributed by atoms with Gasteiger partial charge in [0.1, 0.15) is 17.5 Å². The van der Waals surface area contributed by atoms with E-state index >= 15 is 0 Å². The van der Waals surface area contributed by atoms with Gasteiger partial charge in [0.05, 0.1) is 38.6 Å². The van der Waals surface area contributed by atoms with Crippen LogP contribution in [0.1, 0.15) is 71.3 Å². The molecule has 10 heteroatoms. The monoisotopic (exact) mass is 603 g/mol. The van der Waals surface area contributed by atoms with Crippen molar-refractivity contribution in [3.05, 3.63) is 35.8 Å². The van der Waals surface area contributed by atoms with Crippen molar-refractivity contribution >= 4 is 22.9 Å². The van der Waals surface area contributed by atoms with Crippen LogP contribution in [0.4, 0.5) is 9.18 Å². The van der Waals surface area contributed by atoms with Gasteiger partial charge in [-0.15, -0.1) is 0 Å². The summed E-state index contributed by atoms with van der Waals surface area (Å²) >= 11 is 0. The number of hydrogen-bond acceptors (Lipinski definition) is 6. The fraction of sp³-hybridized carbons (Fsp3) is 0.697. The van der Waals surface area contributed by atoms with E-state index in [2.05, 4.69) is 11.5 Å². The first kappa shape index (κ1) is 33.2. The van der Waals surface area contributed by atoms with Crippen LogP contribution in [0.25, 0.3) is 10.9 Å². The van der Waals surface area contributed by atoms with E-state index in [-0.39, 0.29) is 23.7 Å². The smallest absolute Gasteiger partial charge is 0.408 e. The SMILES string of the molecule is COCCOCCOCCn1cc(CC2CCCN2C(=O)C(NC(=O)OC(C)(C)C)C2CCCCC2)c2ccc(F)cc21. The maximum atomic E-state index is 14.3. The highest BCUT2D eigenvalue weighted by Gasteiger charge is 2.39. The van der Waals surface area contributed by atoms with E-state index in [1.807, 2.05) is 36.3 Å². The van der Waals surface area contributed by atoms with Gasteiger partial charge in [-0.25, -0.2) is 9.18 Å². The number of amides is 2. The standard InChI is InChI=1S/C33H50FN3O6/c1-33(2,3)43-32(39)35-30(24-9-6-5-7-10-24)31(38)37-14-8-11-27(37)21-25-23-36(29-22-26(34)12-13-28(25)29)15-16-41-19-20-42-18-17-40-4/h12-13,22-24,27,30H,5-11,14-21H2,1-4H3,(H,35,39). The van der Waals surface area contributed by atoms with Crippen LogP contribution in [0, 0.1) is 11.7 Å². The number of alkyl carbamates (subject to hydrolysis) is 1. The van der Waals surface area contributed by atoms with Crippen molar-refractivity contribution in [1.82, 2.24) is 14.8 Å². The van der Waals surface area contributed by atoms with E-state index in [0.29, 0.717) is 52.5 Å². The molecule has 2 fully saturated rings. The first-order chi connectivity index (χ1) is 20.7. The van der Waals surface area contributed by atoms with Gasteiger partial charge in [-0.3, -0.25) is 4.79 Å². The topological polar surface area (TPSA) is 91.3 Å². The van der Waals surface area contributed by atoms with Crippen LogP contribution < -0.4 is 5.32 Å². The summed E-state index contributed by atoms with van der Waals surface area (Å²) < 4.78 is 38.1. The van der Waals surface area contributed by atoms with E-state index in [1.54, 1.807) is 13.2 Å². The molecule has 2 atom stereocenters. The summed E-state index contributed by atoms with van der Waals surface area (Å²) in [5, 5.41) is 3.95. The number of nitrogens with one attached hydrogen (secondary N) is 1. The molecule has 0 radical (unpaired) electrons. The average Bonchev–Trinajstić information content (AvgIpc) is 3.56. The van der Waals surface area contributed by atoms with Crippen LogP contribution in [0.3, 0.4) is 0 Å². The quantitative estimate of drug-likeness (QED) is 0.288. The van der Waals surface area contributed by atoms with E-state index in [9.17, 15) is 14.0 Å². The Morgan fingerprint density at radius 2 is 1.72 bits per heavy atom. The highest BCUT2D eigenvalue weighted by atomic mass is 19.1. The van der Waals surface area contributed by atoms with E-state index in [1.165, 1.54) is 6.07 Å². The minimum atomic E-state index is -0.642. The van der Waals surface area contributed by atoms with Crippen molar-refractivity contribution in [3.8, 4) is 0 Å². The number of ether oxygens (including phenoxy) is 4. The highest BCUT2D eigenvalue weighted by Crippen LogP contribution is 2.32. The van der Waals surface area contributed by atoms with Crippen LogP contribution in [-0.4, -0.2) is 85.8 Å². The largest absolute Gasteiger partial charge is 0.444 e. The maximum absolute atomic E-state index is 14.3. The Morgan fingerprint density at radius 1 is 1.00 bits per heavy atom. The molecule has 0 bridgehead atoms. The second-order valence-corrected chi connectivity index (χ2v) is 12.8. The zero-order valence-corrected chi connectivity index (χ0v) is 26.4. The van der Waals surface area contributed by atoms with E-state index in [4.69, 9.17) is 18.9 Å². The predicted molar refractivity (Wildman–Crippen MR) is 164 cm³/mol. The maximum Gasteiger partial charge on any atom is 0.408 e. The number of carbonyl (C=O) groups excluding carboxylic acids is 2. The molecule has 2 aliphatic rings. The Bertz CT molecular complexity index is 1190. The number of fused-ring (bicyclic) bond motifs is 1. The molecule has 2 aromatic rings. The van der Waals surface area contributed by atoms with Crippen LogP contribution in [0.15, 0.2) is 24.4 Å². The molecule has 1 saturated heterocycles. The molecule has 0 spiro atoms. The van der Waals surface area contributed by atoms with Crippen molar-refractivity contribution in [1.29, 1.82) is 0 Å². The summed E-state index contributed by atoms with van der Waals surface area (Å²) in [5.41, 5.74) is 1.26. The number of rotatable bonds is 14. The number of carbonyl (C=O) groups is 2. The van der Waals surface area contributed by atoms with Crippen molar-refractivity contribution in [2.45, 2.75) is 96.4 Å². The lowest BCUT2D eigenvalue weighted by Crippen LogP contribution is -2.54. The van der Waals surface area contributed by atoms with Crippen molar-refractivity contribution in [2.75, 3.05) is 46.7 Å². The first-order valence-corrected chi connectivity index (χ1v) is 15.9. The Kier molecular flexibility index (Phi) is 12.2. The molecule has 1 aliphatic heterocycles. The molecule has 240 valence electrons. The van der Waals surface area contributed by atoms with Crippen molar-refractivity contribution in [2.24, 2.45) is 5.92 Å². The molecule has 43 heavy (non-hydrogen) atoms. The molecule has 2 amide bonds. The van der Waals surface area contributed by atoms with Crippen molar-refractivity contribution in [3.63, 3.8) is 0 Å². The lowest BCUT2D eigenvalue weighted by Gasteiger charge is -2.35. The number of benzene rings is 1. The molecule has 2 heterocycles. The van der Waals surface area contributed by atoms with Crippen LogP contribution in [0.2, 0.25) is 0 Å². The predicted octanol–water partition coefficient (Wildman–Crippen LogP) is 5.47. The van der Waals surface area contributed by atoms with Gasteiger partial charge in [0.15, 0.2) is 0 Å². The lowest BCUT2D eigenvalue weighted by atomic mass is 9.83. The van der Waals surface area contributed by atoms with Gasteiger partial charge in [-0.1, -0.05) is 19.3 Å². The summed E-state index contributed by atoms with van der Waals surface area (Å²) in [7, 11) is 1.64. The van der Waals surface area contributed by atoms with Gasteiger partial charge in [0, 0.05) is 37.8 Å².